The second-order valence-electron chi connectivity index (χ2n) is 6.55. The zero-order valence-corrected chi connectivity index (χ0v) is 16.1. The predicted molar refractivity (Wildman–Crippen MR) is 103 cm³/mol. The third kappa shape index (κ3) is 3.45. The van der Waals surface area contributed by atoms with Crippen LogP contribution >= 0.6 is 11.6 Å². The first kappa shape index (κ1) is 19.8. The molecule has 2 N–H and O–H groups in total. The van der Waals surface area contributed by atoms with Crippen LogP contribution in [0.5, 0.6) is 0 Å². The van der Waals surface area contributed by atoms with E-state index in [1.54, 1.807) is 32.0 Å². The number of benzene rings is 2. The molecule has 0 aliphatic carbocycles. The van der Waals surface area contributed by atoms with Gasteiger partial charge in [0, 0.05) is 10.7 Å². The molecule has 3 rings (SSSR count). The largest absolute Gasteiger partial charge is 0.325 e. The molecule has 0 aromatic heterocycles. The van der Waals surface area contributed by atoms with Crippen LogP contribution in [-0.2, 0) is 15.1 Å². The maximum Gasteiger partial charge on any atom is 0.325 e. The summed E-state index contributed by atoms with van der Waals surface area (Å²) in [5.74, 6) is -1.52. The molecule has 1 fully saturated rings. The Bertz CT molecular complexity index is 948. The summed E-state index contributed by atoms with van der Waals surface area (Å²) in [6, 6.07) is 9.75. The summed E-state index contributed by atoms with van der Waals surface area (Å²) in [5, 5.41) is 5.82. The number of rotatable bonds is 5. The minimum Gasteiger partial charge on any atom is -0.324 e. The van der Waals surface area contributed by atoms with E-state index in [1.807, 2.05) is 0 Å². The molecule has 28 heavy (non-hydrogen) atoms. The van der Waals surface area contributed by atoms with Crippen LogP contribution in [-0.4, -0.2) is 29.3 Å². The van der Waals surface area contributed by atoms with Gasteiger partial charge in [0.2, 0.25) is 5.91 Å². The fraction of sp³-hybridized carbons (Fsp3) is 0.250. The number of hydrogen-bond acceptors (Lipinski definition) is 3. The predicted octanol–water partition coefficient (Wildman–Crippen LogP) is 3.58. The zero-order valence-electron chi connectivity index (χ0n) is 15.4. The topological polar surface area (TPSA) is 78.5 Å². The number of hydrogen-bond donors (Lipinski definition) is 2. The lowest BCUT2D eigenvalue weighted by Gasteiger charge is -2.25. The fourth-order valence-corrected chi connectivity index (χ4v) is 3.39. The number of amides is 4. The molecule has 2 aromatic rings. The molecule has 2 aromatic carbocycles. The van der Waals surface area contributed by atoms with E-state index in [4.69, 9.17) is 11.6 Å². The SMILES string of the molecule is CCC1(c2ccc(F)cc2)NC(=O)N(CC(=O)Nc2cccc(Cl)c2C)C1=O. The van der Waals surface area contributed by atoms with E-state index < -0.39 is 35.7 Å². The van der Waals surface area contributed by atoms with Crippen molar-refractivity contribution in [1.29, 1.82) is 0 Å². The smallest absolute Gasteiger partial charge is 0.324 e. The number of carbonyl (C=O) groups excluding carboxylic acids is 3. The first-order chi connectivity index (χ1) is 13.3. The molecule has 146 valence electrons. The van der Waals surface area contributed by atoms with Gasteiger partial charge in [-0.1, -0.05) is 36.7 Å². The normalized spacial score (nSPS) is 18.9. The van der Waals surface area contributed by atoms with Crippen LogP contribution in [0.3, 0.4) is 0 Å². The fourth-order valence-electron chi connectivity index (χ4n) is 3.22. The van der Waals surface area contributed by atoms with Gasteiger partial charge in [0.05, 0.1) is 0 Å². The summed E-state index contributed by atoms with van der Waals surface area (Å²) in [5.41, 5.74) is 0.328. The average molecular weight is 404 g/mol. The Hall–Kier alpha value is -2.93. The van der Waals surface area contributed by atoms with Crippen LogP contribution < -0.4 is 10.6 Å². The maximum atomic E-state index is 13.2. The van der Waals surface area contributed by atoms with Crippen LogP contribution in [0.4, 0.5) is 14.9 Å². The standard InChI is InChI=1S/C20H19ClFN3O3/c1-3-20(13-7-9-14(22)10-8-13)18(27)25(19(28)24-20)11-17(26)23-16-6-4-5-15(21)12(16)2/h4-10H,3,11H2,1-2H3,(H,23,26)(H,24,28). The average Bonchev–Trinajstić information content (AvgIpc) is 2.91. The third-order valence-corrected chi connectivity index (χ3v) is 5.30. The molecule has 0 bridgehead atoms. The van der Waals surface area contributed by atoms with Crippen LogP contribution in [0.25, 0.3) is 0 Å². The van der Waals surface area contributed by atoms with Gasteiger partial charge in [-0.3, -0.25) is 14.5 Å². The van der Waals surface area contributed by atoms with Gasteiger partial charge in [-0.05, 0) is 48.7 Å². The van der Waals surface area contributed by atoms with E-state index in [0.717, 1.165) is 4.90 Å². The van der Waals surface area contributed by atoms with Crippen molar-refractivity contribution in [2.24, 2.45) is 0 Å². The number of carbonyl (C=O) groups is 3. The lowest BCUT2D eigenvalue weighted by molar-refractivity contribution is -0.134. The van der Waals surface area contributed by atoms with Crippen molar-refractivity contribution in [3.8, 4) is 0 Å². The zero-order chi connectivity index (χ0) is 20.5. The molecule has 1 heterocycles. The Balaban J connectivity index is 1.80. The van der Waals surface area contributed by atoms with Crippen molar-refractivity contribution >= 4 is 35.1 Å². The summed E-state index contributed by atoms with van der Waals surface area (Å²) in [4.78, 5) is 38.7. The van der Waals surface area contributed by atoms with E-state index in [-0.39, 0.29) is 6.42 Å². The van der Waals surface area contributed by atoms with Crippen LogP contribution in [0, 0.1) is 12.7 Å². The summed E-state index contributed by atoms with van der Waals surface area (Å²) in [6.45, 7) is 3.04. The quantitative estimate of drug-likeness (QED) is 0.749. The highest BCUT2D eigenvalue weighted by Gasteiger charge is 2.51. The Morgan fingerprint density at radius 3 is 2.54 bits per heavy atom. The molecule has 0 saturated carbocycles. The molecule has 0 radical (unpaired) electrons. The molecular weight excluding hydrogens is 385 g/mol. The Kier molecular flexibility index (Phi) is 5.38. The van der Waals surface area contributed by atoms with Gasteiger partial charge >= 0.3 is 6.03 Å². The summed E-state index contributed by atoms with van der Waals surface area (Å²) >= 11 is 6.04. The monoisotopic (exact) mass is 403 g/mol. The van der Waals surface area contributed by atoms with Crippen molar-refractivity contribution in [3.05, 3.63) is 64.4 Å². The first-order valence-electron chi connectivity index (χ1n) is 8.73. The van der Waals surface area contributed by atoms with Crippen molar-refractivity contribution < 1.29 is 18.8 Å². The molecule has 6 nitrogen and oxygen atoms in total. The Morgan fingerprint density at radius 1 is 1.21 bits per heavy atom. The molecule has 8 heteroatoms. The van der Waals surface area contributed by atoms with Crippen molar-refractivity contribution in [3.63, 3.8) is 0 Å². The highest BCUT2D eigenvalue weighted by Crippen LogP contribution is 2.32. The van der Waals surface area contributed by atoms with Gasteiger partial charge in [-0.2, -0.15) is 0 Å². The summed E-state index contributed by atoms with van der Waals surface area (Å²) < 4.78 is 13.2. The van der Waals surface area contributed by atoms with Crippen molar-refractivity contribution in [2.45, 2.75) is 25.8 Å². The molecule has 4 amide bonds. The van der Waals surface area contributed by atoms with Crippen molar-refractivity contribution in [2.75, 3.05) is 11.9 Å². The molecule has 1 unspecified atom stereocenters. The van der Waals surface area contributed by atoms with Crippen LogP contribution in [0.15, 0.2) is 42.5 Å². The van der Waals surface area contributed by atoms with E-state index in [1.165, 1.54) is 24.3 Å². The van der Waals surface area contributed by atoms with Gasteiger partial charge in [0.15, 0.2) is 0 Å². The summed E-state index contributed by atoms with van der Waals surface area (Å²) in [7, 11) is 0. The van der Waals surface area contributed by atoms with Gasteiger partial charge < -0.3 is 10.6 Å². The first-order valence-corrected chi connectivity index (χ1v) is 9.11. The molecule has 1 aliphatic rings. The van der Waals surface area contributed by atoms with E-state index in [2.05, 4.69) is 10.6 Å². The van der Waals surface area contributed by atoms with E-state index in [0.29, 0.717) is 21.8 Å². The number of nitrogens with one attached hydrogen (secondary N) is 2. The number of halogens is 2. The molecule has 1 atom stereocenters. The second kappa shape index (κ2) is 7.59. The van der Waals surface area contributed by atoms with Gasteiger partial charge in [-0.15, -0.1) is 0 Å². The lowest BCUT2D eigenvalue weighted by Crippen LogP contribution is -2.44. The molecule has 1 aliphatic heterocycles. The number of imide groups is 1. The van der Waals surface area contributed by atoms with Crippen LogP contribution in [0.2, 0.25) is 5.02 Å². The molecular formula is C20H19ClFN3O3. The highest BCUT2D eigenvalue weighted by atomic mass is 35.5. The van der Waals surface area contributed by atoms with E-state index >= 15 is 0 Å². The van der Waals surface area contributed by atoms with Crippen molar-refractivity contribution in [1.82, 2.24) is 10.2 Å². The minimum absolute atomic E-state index is 0.259. The van der Waals surface area contributed by atoms with Gasteiger partial charge in [0.25, 0.3) is 5.91 Å². The van der Waals surface area contributed by atoms with Gasteiger partial charge in [0.1, 0.15) is 17.9 Å². The Morgan fingerprint density at radius 2 is 1.89 bits per heavy atom. The maximum absolute atomic E-state index is 13.2. The Labute approximate surface area is 166 Å². The van der Waals surface area contributed by atoms with Gasteiger partial charge in [-0.25, -0.2) is 9.18 Å². The molecule has 0 spiro atoms. The molecule has 1 saturated heterocycles. The van der Waals surface area contributed by atoms with Crippen LogP contribution in [0.1, 0.15) is 24.5 Å². The van der Waals surface area contributed by atoms with E-state index in [9.17, 15) is 18.8 Å². The summed E-state index contributed by atoms with van der Waals surface area (Å²) in [6.07, 6.45) is 0.259. The second-order valence-corrected chi connectivity index (χ2v) is 6.95. The third-order valence-electron chi connectivity index (χ3n) is 4.89. The minimum atomic E-state index is -1.32. The number of nitrogens with zero attached hydrogens (tertiary/aromatic N) is 1. The number of anilines is 1. The lowest BCUT2D eigenvalue weighted by atomic mass is 9.87. The highest BCUT2D eigenvalue weighted by molar-refractivity contribution is 6.31. The number of urea groups is 1.